The number of carbonyl (C=O) groups is 1. The number of hydrogen-bond acceptors (Lipinski definition) is 3. The van der Waals surface area contributed by atoms with E-state index in [1.165, 1.54) is 12.3 Å². The van der Waals surface area contributed by atoms with E-state index in [9.17, 15) is 13.2 Å². The van der Waals surface area contributed by atoms with Gasteiger partial charge in [0, 0.05) is 6.20 Å². The van der Waals surface area contributed by atoms with Crippen LogP contribution in [0.15, 0.2) is 35.4 Å². The Morgan fingerprint density at radius 2 is 1.68 bits per heavy atom. The van der Waals surface area contributed by atoms with Gasteiger partial charge in [-0.3, -0.25) is 4.79 Å². The van der Waals surface area contributed by atoms with E-state index in [4.69, 9.17) is 0 Å². The lowest BCUT2D eigenvalue weighted by Gasteiger charge is -2.13. The minimum Gasteiger partial charge on any atom is -0.296 e. The van der Waals surface area contributed by atoms with Crippen LogP contribution in [0.1, 0.15) is 27.2 Å². The predicted molar refractivity (Wildman–Crippen MR) is 73.1 cm³/mol. The number of hydrogen-bond donors (Lipinski definition) is 0. The van der Waals surface area contributed by atoms with Crippen LogP contribution in [0.2, 0.25) is 0 Å². The first-order valence-electron chi connectivity index (χ1n) is 5.84. The number of benzene rings is 1. The summed E-state index contributed by atoms with van der Waals surface area (Å²) in [7, 11) is -3.73. The average Bonchev–Trinajstić information content (AvgIpc) is 2.75. The second kappa shape index (κ2) is 4.66. The molecular weight excluding hydrogens is 262 g/mol. The van der Waals surface area contributed by atoms with E-state index < -0.39 is 10.0 Å². The molecular formula is C14H15NO3S. The number of carbonyl (C=O) groups excluding carboxylic acids is 1. The fraction of sp³-hybridized carbons (Fsp3) is 0.214. The summed E-state index contributed by atoms with van der Waals surface area (Å²) in [6.45, 7) is 5.44. The molecule has 0 spiro atoms. The van der Waals surface area contributed by atoms with Gasteiger partial charge in [-0.25, -0.2) is 12.4 Å². The molecule has 100 valence electrons. The second-order valence-corrected chi connectivity index (χ2v) is 6.33. The molecule has 2 aromatic rings. The Bertz CT molecular complexity index is 719. The topological polar surface area (TPSA) is 56.1 Å². The molecule has 5 heteroatoms. The molecule has 0 N–H and O–H groups in total. The van der Waals surface area contributed by atoms with E-state index in [1.807, 2.05) is 19.1 Å². The van der Waals surface area contributed by atoms with Gasteiger partial charge in [0.1, 0.15) is 0 Å². The number of aldehydes is 1. The molecule has 0 radical (unpaired) electrons. The molecule has 0 aliphatic heterocycles. The van der Waals surface area contributed by atoms with Gasteiger partial charge in [0.15, 0.2) is 6.29 Å². The molecule has 0 bridgehead atoms. The SMILES string of the molecule is Cc1cc(C)c(S(=O)(=O)n2cccc2C=O)c(C)c1. The fourth-order valence-corrected chi connectivity index (χ4v) is 4.10. The lowest BCUT2D eigenvalue weighted by molar-refractivity contribution is 0.111. The van der Waals surface area contributed by atoms with Crippen molar-refractivity contribution in [3.05, 3.63) is 52.8 Å². The molecule has 1 heterocycles. The van der Waals surface area contributed by atoms with Crippen molar-refractivity contribution in [2.75, 3.05) is 0 Å². The van der Waals surface area contributed by atoms with E-state index in [2.05, 4.69) is 0 Å². The van der Waals surface area contributed by atoms with E-state index in [-0.39, 0.29) is 10.6 Å². The van der Waals surface area contributed by atoms with Gasteiger partial charge in [0.2, 0.25) is 0 Å². The highest BCUT2D eigenvalue weighted by atomic mass is 32.2. The summed E-state index contributed by atoms with van der Waals surface area (Å²) in [4.78, 5) is 11.2. The van der Waals surface area contributed by atoms with Gasteiger partial charge in [-0.1, -0.05) is 17.7 Å². The first-order chi connectivity index (χ1) is 8.87. The number of aryl methyl sites for hydroxylation is 3. The Balaban J connectivity index is 2.74. The monoisotopic (exact) mass is 277 g/mol. The van der Waals surface area contributed by atoms with Crippen molar-refractivity contribution in [3.63, 3.8) is 0 Å². The van der Waals surface area contributed by atoms with Crippen LogP contribution in [0.3, 0.4) is 0 Å². The van der Waals surface area contributed by atoms with Crippen molar-refractivity contribution in [3.8, 4) is 0 Å². The maximum Gasteiger partial charge on any atom is 0.268 e. The van der Waals surface area contributed by atoms with Crippen molar-refractivity contribution in [2.24, 2.45) is 0 Å². The van der Waals surface area contributed by atoms with E-state index in [0.29, 0.717) is 17.4 Å². The van der Waals surface area contributed by atoms with Crippen LogP contribution in [0.25, 0.3) is 0 Å². The third-order valence-corrected chi connectivity index (χ3v) is 5.00. The van der Waals surface area contributed by atoms with Gasteiger partial charge in [0.25, 0.3) is 10.0 Å². The molecule has 0 fully saturated rings. The first-order valence-corrected chi connectivity index (χ1v) is 7.28. The summed E-state index contributed by atoms with van der Waals surface area (Å²) in [5, 5.41) is 0. The van der Waals surface area contributed by atoms with E-state index in [0.717, 1.165) is 9.54 Å². The van der Waals surface area contributed by atoms with Crippen molar-refractivity contribution in [1.82, 2.24) is 3.97 Å². The van der Waals surface area contributed by atoms with Crippen LogP contribution < -0.4 is 0 Å². The highest BCUT2D eigenvalue weighted by Crippen LogP contribution is 2.24. The number of aromatic nitrogens is 1. The zero-order valence-electron chi connectivity index (χ0n) is 11.0. The minimum absolute atomic E-state index is 0.124. The standard InChI is InChI=1S/C14H15NO3S/c1-10-7-11(2)14(12(3)8-10)19(17,18)15-6-4-5-13(15)9-16/h4-9H,1-3H3. The molecule has 1 aromatic carbocycles. The average molecular weight is 277 g/mol. The molecule has 0 saturated carbocycles. The predicted octanol–water partition coefficient (Wildman–Crippen LogP) is 2.46. The minimum atomic E-state index is -3.73. The summed E-state index contributed by atoms with van der Waals surface area (Å²) in [6, 6.07) is 6.66. The van der Waals surface area contributed by atoms with Gasteiger partial charge in [-0.05, 0) is 44.0 Å². The Hall–Kier alpha value is -1.88. The largest absolute Gasteiger partial charge is 0.296 e. The van der Waals surface area contributed by atoms with Gasteiger partial charge in [-0.15, -0.1) is 0 Å². The van der Waals surface area contributed by atoms with Crippen molar-refractivity contribution >= 4 is 16.3 Å². The van der Waals surface area contributed by atoms with Crippen LogP contribution in [-0.4, -0.2) is 18.7 Å². The number of nitrogens with zero attached hydrogens (tertiary/aromatic N) is 1. The molecule has 2 rings (SSSR count). The molecule has 0 atom stereocenters. The summed E-state index contributed by atoms with van der Waals surface area (Å²) in [6.07, 6.45) is 1.92. The summed E-state index contributed by atoms with van der Waals surface area (Å²) < 4.78 is 26.3. The van der Waals surface area contributed by atoms with Crippen molar-refractivity contribution in [2.45, 2.75) is 25.7 Å². The summed E-state index contributed by atoms with van der Waals surface area (Å²) >= 11 is 0. The molecule has 19 heavy (non-hydrogen) atoms. The van der Waals surface area contributed by atoms with Crippen LogP contribution in [0.4, 0.5) is 0 Å². The zero-order chi connectivity index (χ0) is 14.2. The summed E-state index contributed by atoms with van der Waals surface area (Å²) in [5.41, 5.74) is 2.50. The van der Waals surface area contributed by atoms with Gasteiger partial charge in [0.05, 0.1) is 10.6 Å². The van der Waals surface area contributed by atoms with Crippen LogP contribution in [0.5, 0.6) is 0 Å². The molecule has 0 saturated heterocycles. The van der Waals surface area contributed by atoms with Crippen LogP contribution >= 0.6 is 0 Å². The maximum absolute atomic E-state index is 12.6. The molecule has 0 unspecified atom stereocenters. The quantitative estimate of drug-likeness (QED) is 0.810. The third kappa shape index (κ3) is 2.21. The van der Waals surface area contributed by atoms with Gasteiger partial charge >= 0.3 is 0 Å². The lowest BCUT2D eigenvalue weighted by atomic mass is 10.1. The molecule has 0 amide bonds. The maximum atomic E-state index is 12.6. The fourth-order valence-electron chi connectivity index (χ4n) is 2.36. The molecule has 0 aliphatic rings. The Morgan fingerprint density at radius 1 is 1.11 bits per heavy atom. The van der Waals surface area contributed by atoms with Gasteiger partial charge in [-0.2, -0.15) is 0 Å². The normalized spacial score (nSPS) is 11.5. The Labute approximate surface area is 112 Å². The molecule has 0 aliphatic carbocycles. The Morgan fingerprint density at radius 3 is 2.21 bits per heavy atom. The molecule has 1 aromatic heterocycles. The highest BCUT2D eigenvalue weighted by Gasteiger charge is 2.23. The van der Waals surface area contributed by atoms with Crippen molar-refractivity contribution < 1.29 is 13.2 Å². The van der Waals surface area contributed by atoms with E-state index >= 15 is 0 Å². The Kier molecular flexibility index (Phi) is 3.32. The van der Waals surface area contributed by atoms with E-state index in [1.54, 1.807) is 19.9 Å². The molecule has 4 nitrogen and oxygen atoms in total. The first kappa shape index (κ1) is 13.5. The van der Waals surface area contributed by atoms with Crippen molar-refractivity contribution in [1.29, 1.82) is 0 Å². The van der Waals surface area contributed by atoms with Crippen LogP contribution in [0, 0.1) is 20.8 Å². The summed E-state index contributed by atoms with van der Waals surface area (Å²) in [5.74, 6) is 0. The zero-order valence-corrected chi connectivity index (χ0v) is 11.9. The number of rotatable bonds is 3. The van der Waals surface area contributed by atoms with Crippen LogP contribution in [-0.2, 0) is 10.0 Å². The second-order valence-electron chi connectivity index (χ2n) is 4.58. The lowest BCUT2D eigenvalue weighted by Crippen LogP contribution is -2.17. The smallest absolute Gasteiger partial charge is 0.268 e. The highest BCUT2D eigenvalue weighted by molar-refractivity contribution is 7.90. The van der Waals surface area contributed by atoms with Gasteiger partial charge < -0.3 is 0 Å². The third-order valence-electron chi connectivity index (χ3n) is 2.99.